The smallest absolute Gasteiger partial charge is 0.193 e. The van der Waals surface area contributed by atoms with E-state index in [4.69, 9.17) is 24.1 Å². The van der Waals surface area contributed by atoms with Crippen LogP contribution in [0.25, 0.3) is 0 Å². The molecule has 0 bridgehead atoms. The number of aliphatic hydroxyl groups is 1. The van der Waals surface area contributed by atoms with E-state index in [2.05, 4.69) is 31.9 Å². The Balaban J connectivity index is 0.000000151. The largest absolute Gasteiger partial charge is 0.391 e. The van der Waals surface area contributed by atoms with Gasteiger partial charge >= 0.3 is 0 Å². The number of rotatable bonds is 4. The Morgan fingerprint density at radius 3 is 1.88 bits per heavy atom. The number of carbonyl (C=O) groups excluding carboxylic acids is 1. The second kappa shape index (κ2) is 9.85. The van der Waals surface area contributed by atoms with Gasteiger partial charge in [0, 0.05) is 13.8 Å². The van der Waals surface area contributed by atoms with Gasteiger partial charge in [-0.2, -0.15) is 0 Å². The van der Waals surface area contributed by atoms with Crippen molar-refractivity contribution in [3.8, 4) is 0 Å². The summed E-state index contributed by atoms with van der Waals surface area (Å²) in [6.45, 7) is 2.59. The topological polar surface area (TPSA) is 74.2 Å². The third-order valence-corrected chi connectivity index (χ3v) is 7.58. The van der Waals surface area contributed by atoms with Crippen LogP contribution in [0.4, 0.5) is 0 Å². The van der Waals surface area contributed by atoms with Gasteiger partial charge in [0.25, 0.3) is 0 Å². The van der Waals surface area contributed by atoms with Crippen LogP contribution in [0.1, 0.15) is 36.9 Å². The molecule has 0 amide bonds. The molecule has 0 aliphatic carbocycles. The molecule has 2 aromatic rings. The molecular formula is C16H16Br2O6S2. The van der Waals surface area contributed by atoms with Crippen LogP contribution in [0, 0.1) is 0 Å². The van der Waals surface area contributed by atoms with Gasteiger partial charge in [-0.05, 0) is 44.0 Å². The fraction of sp³-hybridized carbons (Fsp3) is 0.438. The van der Waals surface area contributed by atoms with E-state index >= 15 is 0 Å². The molecule has 2 aliphatic rings. The highest BCUT2D eigenvalue weighted by molar-refractivity contribution is 9.11. The maximum atomic E-state index is 10.6. The fourth-order valence-electron chi connectivity index (χ4n) is 2.29. The van der Waals surface area contributed by atoms with Gasteiger partial charge in [-0.15, -0.1) is 22.7 Å². The first-order chi connectivity index (χ1) is 12.6. The quantitative estimate of drug-likeness (QED) is 0.593. The first-order valence-electron chi connectivity index (χ1n) is 7.72. The molecule has 0 atom stereocenters. The van der Waals surface area contributed by atoms with E-state index in [1.54, 1.807) is 0 Å². The van der Waals surface area contributed by atoms with Crippen molar-refractivity contribution in [3.63, 3.8) is 0 Å². The van der Waals surface area contributed by atoms with E-state index in [9.17, 15) is 4.79 Å². The van der Waals surface area contributed by atoms with E-state index < -0.39 is 0 Å². The minimum atomic E-state index is -0.282. The number of hydrogen-bond acceptors (Lipinski definition) is 8. The van der Waals surface area contributed by atoms with Gasteiger partial charge in [-0.3, -0.25) is 4.79 Å². The molecule has 0 aromatic carbocycles. The Labute approximate surface area is 175 Å². The summed E-state index contributed by atoms with van der Waals surface area (Å²) in [7, 11) is 0. The summed E-state index contributed by atoms with van der Waals surface area (Å²) >= 11 is 9.56. The number of aliphatic hydroxyl groups excluding tert-OH is 1. The predicted octanol–water partition coefficient (Wildman–Crippen LogP) is 4.42. The average Bonchev–Trinajstić information content (AvgIpc) is 3.42. The van der Waals surface area contributed by atoms with Crippen LogP contribution in [-0.2, 0) is 25.6 Å². The molecule has 1 N–H and O–H groups in total. The zero-order valence-electron chi connectivity index (χ0n) is 13.5. The van der Waals surface area contributed by atoms with Gasteiger partial charge in [-0.25, -0.2) is 0 Å². The van der Waals surface area contributed by atoms with Crippen molar-refractivity contribution in [2.24, 2.45) is 0 Å². The van der Waals surface area contributed by atoms with Crippen molar-refractivity contribution in [3.05, 3.63) is 40.6 Å². The molecule has 10 heteroatoms. The Bertz CT molecular complexity index is 735. The normalized spacial score (nSPS) is 18.1. The highest BCUT2D eigenvalue weighted by Gasteiger charge is 2.22. The first-order valence-corrected chi connectivity index (χ1v) is 10.9. The molecule has 142 valence electrons. The molecule has 2 aliphatic heterocycles. The Morgan fingerprint density at radius 2 is 1.46 bits per heavy atom. The van der Waals surface area contributed by atoms with Crippen LogP contribution < -0.4 is 0 Å². The molecule has 2 saturated heterocycles. The van der Waals surface area contributed by atoms with Gasteiger partial charge in [0.1, 0.15) is 0 Å². The van der Waals surface area contributed by atoms with E-state index in [0.717, 1.165) is 29.9 Å². The minimum Gasteiger partial charge on any atom is -0.391 e. The van der Waals surface area contributed by atoms with Crippen LogP contribution >= 0.6 is 54.5 Å². The van der Waals surface area contributed by atoms with Gasteiger partial charge in [-0.1, -0.05) is 0 Å². The van der Waals surface area contributed by atoms with Crippen molar-refractivity contribution in [1.82, 2.24) is 0 Å². The lowest BCUT2D eigenvalue weighted by molar-refractivity contribution is -0.0415. The van der Waals surface area contributed by atoms with Gasteiger partial charge in [0.15, 0.2) is 18.9 Å². The first kappa shape index (κ1) is 20.6. The summed E-state index contributed by atoms with van der Waals surface area (Å²) < 4.78 is 23.0. The Morgan fingerprint density at radius 1 is 0.962 bits per heavy atom. The molecule has 0 unspecified atom stereocenters. The Kier molecular flexibility index (Phi) is 7.79. The molecule has 2 fully saturated rings. The van der Waals surface area contributed by atoms with E-state index in [-0.39, 0.29) is 19.2 Å². The molecular weight excluding hydrogens is 512 g/mol. The molecule has 0 radical (unpaired) electrons. The summed E-state index contributed by atoms with van der Waals surface area (Å²) in [6.07, 6.45) is 0.310. The van der Waals surface area contributed by atoms with Crippen LogP contribution in [-0.4, -0.2) is 37.8 Å². The van der Waals surface area contributed by atoms with Crippen molar-refractivity contribution in [2.45, 2.75) is 19.2 Å². The lowest BCUT2D eigenvalue weighted by Crippen LogP contribution is -1.93. The Hall–Kier alpha value is -0.170. The number of aldehydes is 1. The zero-order chi connectivity index (χ0) is 18.5. The molecule has 2 aromatic heterocycles. The molecule has 4 heterocycles. The molecule has 26 heavy (non-hydrogen) atoms. The van der Waals surface area contributed by atoms with Crippen molar-refractivity contribution in [1.29, 1.82) is 0 Å². The lowest BCUT2D eigenvalue weighted by Gasteiger charge is -2.04. The summed E-state index contributed by atoms with van der Waals surface area (Å²) in [5.41, 5.74) is 0. The lowest BCUT2D eigenvalue weighted by atomic mass is 10.4. The third kappa shape index (κ3) is 5.00. The van der Waals surface area contributed by atoms with E-state index in [1.807, 2.05) is 12.1 Å². The number of ether oxygens (including phenoxy) is 4. The highest BCUT2D eigenvalue weighted by Crippen LogP contribution is 2.35. The number of hydrogen-bond donors (Lipinski definition) is 1. The van der Waals surface area contributed by atoms with E-state index in [0.29, 0.717) is 31.3 Å². The molecule has 6 nitrogen and oxygen atoms in total. The fourth-order valence-corrected chi connectivity index (χ4v) is 5.58. The monoisotopic (exact) mass is 526 g/mol. The standard InChI is InChI=1S/C8H9BrO3S.C8H7BrO3S/c2*9-5-3-6(13-7(5)4-10)8-11-1-2-12-8/h3,8,10H,1-2,4H2;3-4,8H,1-2H2. The van der Waals surface area contributed by atoms with Crippen LogP contribution in [0.3, 0.4) is 0 Å². The summed E-state index contributed by atoms with van der Waals surface area (Å²) in [4.78, 5) is 14.1. The molecule has 0 spiro atoms. The highest BCUT2D eigenvalue weighted by atomic mass is 79.9. The van der Waals surface area contributed by atoms with Crippen LogP contribution in [0.15, 0.2) is 21.1 Å². The van der Waals surface area contributed by atoms with Gasteiger partial charge in [0.05, 0.1) is 47.7 Å². The van der Waals surface area contributed by atoms with Gasteiger partial charge < -0.3 is 24.1 Å². The van der Waals surface area contributed by atoms with E-state index in [1.165, 1.54) is 22.7 Å². The van der Waals surface area contributed by atoms with Crippen LogP contribution in [0.5, 0.6) is 0 Å². The van der Waals surface area contributed by atoms with Crippen molar-refractivity contribution in [2.75, 3.05) is 26.4 Å². The molecule has 0 saturated carbocycles. The number of halogens is 2. The summed E-state index contributed by atoms with van der Waals surface area (Å²) in [6, 6.07) is 3.80. The maximum Gasteiger partial charge on any atom is 0.193 e. The minimum absolute atomic E-state index is 0.0535. The second-order valence-electron chi connectivity index (χ2n) is 5.20. The summed E-state index contributed by atoms with van der Waals surface area (Å²) in [5.74, 6) is 0. The predicted molar refractivity (Wildman–Crippen MR) is 105 cm³/mol. The second-order valence-corrected chi connectivity index (χ2v) is 9.20. The van der Waals surface area contributed by atoms with Crippen molar-refractivity contribution < 1.29 is 28.8 Å². The number of thiophene rings is 2. The van der Waals surface area contributed by atoms with Gasteiger partial charge in [0.2, 0.25) is 0 Å². The average molecular weight is 528 g/mol. The van der Waals surface area contributed by atoms with Crippen molar-refractivity contribution >= 4 is 60.8 Å². The zero-order valence-corrected chi connectivity index (χ0v) is 18.3. The van der Waals surface area contributed by atoms with Crippen LogP contribution in [0.2, 0.25) is 0 Å². The maximum absolute atomic E-state index is 10.6. The SMILES string of the molecule is O=Cc1sc(C2OCCO2)cc1Br.OCc1sc(C2OCCO2)cc1Br. The third-order valence-electron chi connectivity index (χ3n) is 3.47. The number of carbonyl (C=O) groups is 1. The summed E-state index contributed by atoms with van der Waals surface area (Å²) in [5, 5.41) is 8.97. The molecule has 4 rings (SSSR count).